The molecular weight excluding hydrogens is 390 g/mol. The first kappa shape index (κ1) is 19.7. The standard InChI is InChI=1S/C22H24ClN3O3/c23-14-9-11-15(12-10-14)29-13-20(27)24-17-6-2-1-5-16(17)21-22(28)26-19-8-4-3-7-18(19)25-21/h1-2,5-6,9-12,18-19,21,25H,3-4,7-8,13H2,(H,24,27)(H,26,28). The molecule has 2 aromatic carbocycles. The van der Waals surface area contributed by atoms with Gasteiger partial charge >= 0.3 is 0 Å². The molecule has 7 heteroatoms. The normalized spacial score (nSPS) is 23.6. The SMILES string of the molecule is O=C(COc1ccc(Cl)cc1)Nc1ccccc1C1NC2CCCCC2NC1=O. The molecule has 2 amide bonds. The second-order valence-electron chi connectivity index (χ2n) is 7.48. The summed E-state index contributed by atoms with van der Waals surface area (Å²) in [6.07, 6.45) is 4.37. The van der Waals surface area contributed by atoms with Crippen molar-refractivity contribution in [1.29, 1.82) is 0 Å². The second-order valence-corrected chi connectivity index (χ2v) is 7.92. The van der Waals surface area contributed by atoms with Crippen molar-refractivity contribution in [3.8, 4) is 5.75 Å². The van der Waals surface area contributed by atoms with Gasteiger partial charge in [0.1, 0.15) is 11.8 Å². The van der Waals surface area contributed by atoms with Crippen molar-refractivity contribution in [1.82, 2.24) is 10.6 Å². The van der Waals surface area contributed by atoms with Crippen LogP contribution >= 0.6 is 11.6 Å². The van der Waals surface area contributed by atoms with E-state index < -0.39 is 6.04 Å². The zero-order valence-electron chi connectivity index (χ0n) is 16.0. The maximum absolute atomic E-state index is 12.7. The van der Waals surface area contributed by atoms with Crippen LogP contribution in [-0.2, 0) is 9.59 Å². The number of anilines is 1. The number of rotatable bonds is 5. The lowest BCUT2D eigenvalue weighted by Gasteiger charge is -2.41. The van der Waals surface area contributed by atoms with Gasteiger partial charge in [0.15, 0.2) is 6.61 Å². The first-order valence-corrected chi connectivity index (χ1v) is 10.3. The number of hydrogen-bond acceptors (Lipinski definition) is 4. The van der Waals surface area contributed by atoms with Crippen LogP contribution in [0.1, 0.15) is 37.3 Å². The first-order valence-electron chi connectivity index (χ1n) is 9.94. The van der Waals surface area contributed by atoms with Crippen LogP contribution in [0.4, 0.5) is 5.69 Å². The van der Waals surface area contributed by atoms with Crippen LogP contribution in [0.3, 0.4) is 0 Å². The molecule has 3 N–H and O–H groups in total. The summed E-state index contributed by atoms with van der Waals surface area (Å²) in [6, 6.07) is 14.2. The lowest BCUT2D eigenvalue weighted by atomic mass is 9.86. The van der Waals surface area contributed by atoms with E-state index in [-0.39, 0.29) is 30.5 Å². The van der Waals surface area contributed by atoms with E-state index >= 15 is 0 Å². The van der Waals surface area contributed by atoms with Crippen molar-refractivity contribution in [3.63, 3.8) is 0 Å². The van der Waals surface area contributed by atoms with Crippen molar-refractivity contribution in [2.45, 2.75) is 43.8 Å². The molecular formula is C22H24ClN3O3. The molecule has 0 spiro atoms. The predicted molar refractivity (Wildman–Crippen MR) is 112 cm³/mol. The third-order valence-electron chi connectivity index (χ3n) is 5.47. The van der Waals surface area contributed by atoms with Crippen LogP contribution in [0.25, 0.3) is 0 Å². The van der Waals surface area contributed by atoms with Crippen LogP contribution in [0.5, 0.6) is 5.75 Å². The molecule has 2 aliphatic rings. The maximum Gasteiger partial charge on any atom is 0.262 e. The Morgan fingerprint density at radius 3 is 2.59 bits per heavy atom. The summed E-state index contributed by atoms with van der Waals surface area (Å²) in [7, 11) is 0. The Morgan fingerprint density at radius 1 is 1.07 bits per heavy atom. The number of halogens is 1. The van der Waals surface area contributed by atoms with Gasteiger partial charge in [0.05, 0.1) is 0 Å². The molecule has 0 radical (unpaired) electrons. The van der Waals surface area contributed by atoms with E-state index in [4.69, 9.17) is 16.3 Å². The molecule has 29 heavy (non-hydrogen) atoms. The average molecular weight is 414 g/mol. The van der Waals surface area contributed by atoms with E-state index in [9.17, 15) is 9.59 Å². The van der Waals surface area contributed by atoms with Crippen LogP contribution in [0.2, 0.25) is 5.02 Å². The fourth-order valence-corrected chi connectivity index (χ4v) is 4.14. The minimum absolute atomic E-state index is 0.0488. The second kappa shape index (κ2) is 8.84. The minimum Gasteiger partial charge on any atom is -0.484 e. The van der Waals surface area contributed by atoms with E-state index in [1.165, 1.54) is 0 Å². The molecule has 2 fully saturated rings. The van der Waals surface area contributed by atoms with Gasteiger partial charge in [0.2, 0.25) is 5.91 Å². The highest BCUT2D eigenvalue weighted by molar-refractivity contribution is 6.30. The molecule has 2 aromatic rings. The Morgan fingerprint density at radius 2 is 1.79 bits per heavy atom. The molecule has 152 valence electrons. The predicted octanol–water partition coefficient (Wildman–Crippen LogP) is 3.43. The van der Waals surface area contributed by atoms with Crippen molar-refractivity contribution in [2.24, 2.45) is 0 Å². The summed E-state index contributed by atoms with van der Waals surface area (Å²) < 4.78 is 5.51. The van der Waals surface area contributed by atoms with Crippen molar-refractivity contribution < 1.29 is 14.3 Å². The molecule has 1 heterocycles. The van der Waals surface area contributed by atoms with Gasteiger partial charge in [-0.3, -0.25) is 14.9 Å². The van der Waals surface area contributed by atoms with E-state index in [1.54, 1.807) is 30.3 Å². The van der Waals surface area contributed by atoms with Gasteiger partial charge in [0.25, 0.3) is 5.91 Å². The average Bonchev–Trinajstić information content (AvgIpc) is 2.73. The van der Waals surface area contributed by atoms with Gasteiger partial charge in [0, 0.05) is 28.4 Å². The van der Waals surface area contributed by atoms with Gasteiger partial charge < -0.3 is 15.4 Å². The number of hydrogen-bond donors (Lipinski definition) is 3. The van der Waals surface area contributed by atoms with E-state index in [2.05, 4.69) is 16.0 Å². The maximum atomic E-state index is 12.7. The number of nitrogens with one attached hydrogen (secondary N) is 3. The number of piperazine rings is 1. The Bertz CT molecular complexity index is 887. The van der Waals surface area contributed by atoms with Crippen LogP contribution < -0.4 is 20.7 Å². The Hall–Kier alpha value is -2.57. The molecule has 4 rings (SSSR count). The first-order chi connectivity index (χ1) is 14.1. The Balaban J connectivity index is 1.43. The molecule has 1 aliphatic carbocycles. The van der Waals surface area contributed by atoms with Gasteiger partial charge in [-0.15, -0.1) is 0 Å². The molecule has 6 nitrogen and oxygen atoms in total. The summed E-state index contributed by atoms with van der Waals surface area (Å²) in [6.45, 7) is -0.134. The quantitative estimate of drug-likeness (QED) is 0.701. The summed E-state index contributed by atoms with van der Waals surface area (Å²) in [5.41, 5.74) is 1.37. The lowest BCUT2D eigenvalue weighted by molar-refractivity contribution is -0.127. The molecule has 3 unspecified atom stereocenters. The van der Waals surface area contributed by atoms with Crippen molar-refractivity contribution in [2.75, 3.05) is 11.9 Å². The van der Waals surface area contributed by atoms with Gasteiger partial charge in [-0.25, -0.2) is 0 Å². The zero-order chi connectivity index (χ0) is 20.2. The highest BCUT2D eigenvalue weighted by Gasteiger charge is 2.37. The number of carbonyl (C=O) groups is 2. The molecule has 3 atom stereocenters. The number of ether oxygens (including phenoxy) is 1. The topological polar surface area (TPSA) is 79.5 Å². The number of fused-ring (bicyclic) bond motifs is 1. The van der Waals surface area contributed by atoms with Crippen LogP contribution in [0, 0.1) is 0 Å². The molecule has 1 saturated carbocycles. The fourth-order valence-electron chi connectivity index (χ4n) is 4.02. The van der Waals surface area contributed by atoms with Crippen molar-refractivity contribution >= 4 is 29.1 Å². The van der Waals surface area contributed by atoms with Gasteiger partial charge in [-0.1, -0.05) is 42.6 Å². The van der Waals surface area contributed by atoms with Gasteiger partial charge in [-0.2, -0.15) is 0 Å². The highest BCUT2D eigenvalue weighted by Crippen LogP contribution is 2.30. The Labute approximate surface area is 175 Å². The number of para-hydroxylation sites is 1. The molecule has 1 aliphatic heterocycles. The monoisotopic (exact) mass is 413 g/mol. The minimum atomic E-state index is -0.483. The number of amides is 2. The van der Waals surface area contributed by atoms with E-state index in [1.807, 2.05) is 18.2 Å². The largest absolute Gasteiger partial charge is 0.484 e. The van der Waals surface area contributed by atoms with E-state index in [0.29, 0.717) is 16.5 Å². The summed E-state index contributed by atoms with van der Waals surface area (Å²) in [5, 5.41) is 10.1. The lowest BCUT2D eigenvalue weighted by Crippen LogP contribution is -2.61. The Kier molecular flexibility index (Phi) is 6.02. The molecule has 0 aromatic heterocycles. The molecule has 0 bridgehead atoms. The van der Waals surface area contributed by atoms with Crippen LogP contribution in [0.15, 0.2) is 48.5 Å². The van der Waals surface area contributed by atoms with E-state index in [0.717, 1.165) is 31.2 Å². The number of carbonyl (C=O) groups excluding carboxylic acids is 2. The molecule has 1 saturated heterocycles. The zero-order valence-corrected chi connectivity index (χ0v) is 16.7. The third-order valence-corrected chi connectivity index (χ3v) is 5.72. The number of benzene rings is 2. The smallest absolute Gasteiger partial charge is 0.262 e. The fraction of sp³-hybridized carbons (Fsp3) is 0.364. The van der Waals surface area contributed by atoms with Crippen molar-refractivity contribution in [3.05, 3.63) is 59.1 Å². The summed E-state index contributed by atoms with van der Waals surface area (Å²) >= 11 is 5.85. The third kappa shape index (κ3) is 4.71. The highest BCUT2D eigenvalue weighted by atomic mass is 35.5. The summed E-state index contributed by atoms with van der Waals surface area (Å²) in [5.74, 6) is 0.223. The van der Waals surface area contributed by atoms with Crippen LogP contribution in [-0.4, -0.2) is 30.5 Å². The summed E-state index contributed by atoms with van der Waals surface area (Å²) in [4.78, 5) is 25.1. The van der Waals surface area contributed by atoms with Gasteiger partial charge in [-0.05, 0) is 43.2 Å².